The van der Waals surface area contributed by atoms with Gasteiger partial charge in [-0.15, -0.1) is 0 Å². The molecule has 0 saturated heterocycles. The minimum Gasteiger partial charge on any atom is -0.399 e. The van der Waals surface area contributed by atoms with E-state index < -0.39 is 0 Å². The van der Waals surface area contributed by atoms with Crippen molar-refractivity contribution in [3.05, 3.63) is 24.5 Å². The summed E-state index contributed by atoms with van der Waals surface area (Å²) in [4.78, 5) is 4.50. The Bertz CT molecular complexity index is 522. The Morgan fingerprint density at radius 2 is 1.89 bits per heavy atom. The van der Waals surface area contributed by atoms with Crippen LogP contribution >= 0.6 is 0 Å². The summed E-state index contributed by atoms with van der Waals surface area (Å²) >= 11 is 0. The molecule has 1 aromatic heterocycles. The largest absolute Gasteiger partial charge is 0.399 e. The Hall–Kier alpha value is -1.51. The van der Waals surface area contributed by atoms with E-state index in [-0.39, 0.29) is 5.54 Å². The molecule has 0 spiro atoms. The number of anilines is 1. The maximum absolute atomic E-state index is 5.90. The van der Waals surface area contributed by atoms with Gasteiger partial charge in [0.2, 0.25) is 0 Å². The number of fused-ring (bicyclic) bond motifs is 1. The highest BCUT2D eigenvalue weighted by atomic mass is 15.1. The van der Waals surface area contributed by atoms with E-state index >= 15 is 0 Å². The van der Waals surface area contributed by atoms with E-state index in [1.165, 1.54) is 25.7 Å². The number of benzene rings is 1. The van der Waals surface area contributed by atoms with Gasteiger partial charge in [-0.2, -0.15) is 0 Å². The Balaban J connectivity index is 2.53. The molecule has 0 aliphatic heterocycles. The van der Waals surface area contributed by atoms with Crippen molar-refractivity contribution in [2.24, 2.45) is 0 Å². The lowest BCUT2D eigenvalue weighted by atomic mass is 9.90. The number of rotatable bonds is 5. The fraction of sp³-hybridized carbons (Fsp3) is 0.533. The standard InChI is InChI=1S/C15H23N3/c1-4-8-15(3,9-5-2)18-11-17-13-7-6-12(16)10-14(13)18/h6-7,10-11H,4-5,8-9,16H2,1-3H3. The Labute approximate surface area is 109 Å². The number of hydrogen-bond acceptors (Lipinski definition) is 2. The molecule has 0 aliphatic rings. The summed E-state index contributed by atoms with van der Waals surface area (Å²) in [6.45, 7) is 6.80. The summed E-state index contributed by atoms with van der Waals surface area (Å²) in [5.74, 6) is 0. The van der Waals surface area contributed by atoms with Gasteiger partial charge in [0.05, 0.1) is 17.4 Å². The first-order valence-corrected chi connectivity index (χ1v) is 6.84. The molecule has 1 heterocycles. The van der Waals surface area contributed by atoms with E-state index in [0.717, 1.165) is 16.7 Å². The molecule has 0 fully saturated rings. The van der Waals surface area contributed by atoms with Crippen LogP contribution in [0.4, 0.5) is 5.69 Å². The van der Waals surface area contributed by atoms with Gasteiger partial charge in [-0.05, 0) is 38.0 Å². The van der Waals surface area contributed by atoms with Crippen LogP contribution in [0.1, 0.15) is 46.5 Å². The topological polar surface area (TPSA) is 43.8 Å². The summed E-state index contributed by atoms with van der Waals surface area (Å²) < 4.78 is 2.31. The van der Waals surface area contributed by atoms with Crippen molar-refractivity contribution in [2.45, 2.75) is 52.0 Å². The number of nitrogens with zero attached hydrogens (tertiary/aromatic N) is 2. The first kappa shape index (κ1) is 12.9. The predicted molar refractivity (Wildman–Crippen MR) is 77.6 cm³/mol. The lowest BCUT2D eigenvalue weighted by molar-refractivity contribution is 0.272. The smallest absolute Gasteiger partial charge is 0.0963 e. The van der Waals surface area contributed by atoms with E-state index in [4.69, 9.17) is 5.73 Å². The van der Waals surface area contributed by atoms with Crippen molar-refractivity contribution in [3.63, 3.8) is 0 Å². The van der Waals surface area contributed by atoms with Gasteiger partial charge in [-0.1, -0.05) is 26.7 Å². The van der Waals surface area contributed by atoms with E-state index in [9.17, 15) is 0 Å². The zero-order chi connectivity index (χ0) is 13.2. The molecule has 2 rings (SSSR count). The summed E-state index contributed by atoms with van der Waals surface area (Å²) in [6, 6.07) is 5.95. The SMILES string of the molecule is CCCC(C)(CCC)n1cnc2ccc(N)cc21. The van der Waals surface area contributed by atoms with Crippen molar-refractivity contribution < 1.29 is 0 Å². The van der Waals surface area contributed by atoms with Crippen LogP contribution in [0.3, 0.4) is 0 Å². The molecule has 2 aromatic rings. The van der Waals surface area contributed by atoms with Gasteiger partial charge >= 0.3 is 0 Å². The first-order chi connectivity index (χ1) is 8.60. The fourth-order valence-corrected chi connectivity index (χ4v) is 2.90. The van der Waals surface area contributed by atoms with Gasteiger partial charge < -0.3 is 10.3 Å². The van der Waals surface area contributed by atoms with Gasteiger partial charge in [-0.3, -0.25) is 0 Å². The van der Waals surface area contributed by atoms with E-state index in [1.54, 1.807) is 0 Å². The number of nitrogen functional groups attached to an aromatic ring is 1. The summed E-state index contributed by atoms with van der Waals surface area (Å²) in [5.41, 5.74) is 9.03. The molecule has 18 heavy (non-hydrogen) atoms. The fourth-order valence-electron chi connectivity index (χ4n) is 2.90. The zero-order valence-corrected chi connectivity index (χ0v) is 11.6. The van der Waals surface area contributed by atoms with Crippen LogP contribution < -0.4 is 5.73 Å². The summed E-state index contributed by atoms with van der Waals surface area (Å²) in [6.07, 6.45) is 6.66. The number of aromatic nitrogens is 2. The van der Waals surface area contributed by atoms with E-state index in [0.29, 0.717) is 0 Å². The van der Waals surface area contributed by atoms with E-state index in [1.807, 2.05) is 24.5 Å². The Morgan fingerprint density at radius 3 is 2.50 bits per heavy atom. The summed E-state index contributed by atoms with van der Waals surface area (Å²) in [5, 5.41) is 0. The second-order valence-corrected chi connectivity index (χ2v) is 5.36. The third kappa shape index (κ3) is 2.22. The van der Waals surface area contributed by atoms with Gasteiger partial charge in [0, 0.05) is 11.2 Å². The highest BCUT2D eigenvalue weighted by molar-refractivity contribution is 5.79. The number of hydrogen-bond donors (Lipinski definition) is 1. The van der Waals surface area contributed by atoms with Crippen LogP contribution in [-0.2, 0) is 5.54 Å². The van der Waals surface area contributed by atoms with Gasteiger partial charge in [0.15, 0.2) is 0 Å². The Kier molecular flexibility index (Phi) is 3.60. The van der Waals surface area contributed by atoms with Crippen LogP contribution in [0.25, 0.3) is 11.0 Å². The van der Waals surface area contributed by atoms with Gasteiger partial charge in [0.25, 0.3) is 0 Å². The van der Waals surface area contributed by atoms with Crippen molar-refractivity contribution in [3.8, 4) is 0 Å². The zero-order valence-electron chi connectivity index (χ0n) is 11.6. The Morgan fingerprint density at radius 1 is 1.22 bits per heavy atom. The predicted octanol–water partition coefficient (Wildman–Crippen LogP) is 3.93. The molecule has 3 heteroatoms. The minimum atomic E-state index is 0.145. The highest BCUT2D eigenvalue weighted by Crippen LogP contribution is 2.32. The maximum atomic E-state index is 5.90. The number of imidazole rings is 1. The monoisotopic (exact) mass is 245 g/mol. The maximum Gasteiger partial charge on any atom is 0.0963 e. The van der Waals surface area contributed by atoms with Crippen molar-refractivity contribution in [1.29, 1.82) is 0 Å². The average Bonchev–Trinajstić information content (AvgIpc) is 2.73. The highest BCUT2D eigenvalue weighted by Gasteiger charge is 2.25. The molecule has 0 radical (unpaired) electrons. The molecule has 0 amide bonds. The molecule has 2 N–H and O–H groups in total. The van der Waals surface area contributed by atoms with Crippen LogP contribution in [0.15, 0.2) is 24.5 Å². The molecule has 98 valence electrons. The second-order valence-electron chi connectivity index (χ2n) is 5.36. The molecule has 1 aromatic carbocycles. The first-order valence-electron chi connectivity index (χ1n) is 6.84. The second kappa shape index (κ2) is 5.01. The average molecular weight is 245 g/mol. The van der Waals surface area contributed by atoms with Gasteiger partial charge in [-0.25, -0.2) is 4.98 Å². The van der Waals surface area contributed by atoms with Crippen LogP contribution in [0, 0.1) is 0 Å². The van der Waals surface area contributed by atoms with E-state index in [2.05, 4.69) is 30.3 Å². The van der Waals surface area contributed by atoms with Crippen molar-refractivity contribution >= 4 is 16.7 Å². The molecule has 0 bridgehead atoms. The summed E-state index contributed by atoms with van der Waals surface area (Å²) in [7, 11) is 0. The third-order valence-corrected chi connectivity index (χ3v) is 3.73. The minimum absolute atomic E-state index is 0.145. The molecule has 3 nitrogen and oxygen atoms in total. The lowest BCUT2D eigenvalue weighted by Crippen LogP contribution is -2.29. The van der Waals surface area contributed by atoms with Crippen LogP contribution in [0.5, 0.6) is 0 Å². The molecule has 0 saturated carbocycles. The molecule has 0 aliphatic carbocycles. The number of nitrogens with two attached hydrogens (primary N) is 1. The normalized spacial score (nSPS) is 12.2. The van der Waals surface area contributed by atoms with Crippen molar-refractivity contribution in [1.82, 2.24) is 9.55 Å². The molecule has 0 atom stereocenters. The third-order valence-electron chi connectivity index (χ3n) is 3.73. The van der Waals surface area contributed by atoms with Crippen molar-refractivity contribution in [2.75, 3.05) is 5.73 Å². The van der Waals surface area contributed by atoms with Crippen LogP contribution in [-0.4, -0.2) is 9.55 Å². The molecular formula is C15H23N3. The lowest BCUT2D eigenvalue weighted by Gasteiger charge is -2.31. The molecule has 0 unspecified atom stereocenters. The quantitative estimate of drug-likeness (QED) is 0.811. The van der Waals surface area contributed by atoms with Crippen LogP contribution in [0.2, 0.25) is 0 Å². The molecular weight excluding hydrogens is 222 g/mol. The van der Waals surface area contributed by atoms with Gasteiger partial charge in [0.1, 0.15) is 0 Å².